The molecule has 0 aromatic heterocycles. The van der Waals surface area contributed by atoms with Gasteiger partial charge >= 0.3 is 0 Å². The molecule has 0 bridgehead atoms. The molecule has 0 aliphatic carbocycles. The van der Waals surface area contributed by atoms with Crippen LogP contribution in [0.3, 0.4) is 0 Å². The van der Waals surface area contributed by atoms with Crippen LogP contribution >= 0.6 is 0 Å². The van der Waals surface area contributed by atoms with Crippen LogP contribution in [0.2, 0.25) is 0 Å². The first-order chi connectivity index (χ1) is 4.22. The Morgan fingerprint density at radius 2 is 2.10 bits per heavy atom. The average molecular weight is 314 g/mol. The Morgan fingerprint density at radius 1 is 1.60 bits per heavy atom. The van der Waals surface area contributed by atoms with Crippen LogP contribution in [0.25, 0.3) is 0 Å². The van der Waals surface area contributed by atoms with Crippen molar-refractivity contribution in [1.82, 2.24) is 0 Å². The van der Waals surface area contributed by atoms with Gasteiger partial charge in [-0.3, -0.25) is 0 Å². The second kappa shape index (κ2) is 7.29. The van der Waals surface area contributed by atoms with Crippen molar-refractivity contribution in [2.75, 3.05) is 6.61 Å². The Labute approximate surface area is 75.2 Å². The van der Waals surface area contributed by atoms with Crippen LogP contribution in [0.5, 0.6) is 0 Å². The largest absolute Gasteiger partial charge is 0.405 e. The van der Waals surface area contributed by atoms with E-state index in [9.17, 15) is 0 Å². The first-order valence-corrected chi connectivity index (χ1v) is 2.72. The quantitative estimate of drug-likeness (QED) is 0.589. The first kappa shape index (κ1) is 12.8. The molecule has 2 atom stereocenters. The molecule has 0 aromatic carbocycles. The number of nitrogens with two attached hydrogens (primary N) is 1. The molecule has 0 spiro atoms. The molecule has 0 aromatic rings. The number of rotatable bonds is 3. The molecule has 0 aliphatic heterocycles. The van der Waals surface area contributed by atoms with Gasteiger partial charge in [0.05, 0.1) is 6.61 Å². The van der Waals surface area contributed by atoms with Crippen LogP contribution < -0.4 is 5.73 Å². The van der Waals surface area contributed by atoms with Gasteiger partial charge in [0, 0.05) is 33.2 Å². The van der Waals surface area contributed by atoms with Crippen LogP contribution in [-0.4, -0.2) is 29.0 Å². The van der Waals surface area contributed by atoms with Crippen LogP contribution in [-0.2, 0) is 21.1 Å². The summed E-state index contributed by atoms with van der Waals surface area (Å²) in [6.07, 6.45) is 2.09. The molecule has 60 valence electrons. The van der Waals surface area contributed by atoms with Gasteiger partial charge in [0.15, 0.2) is 0 Å². The summed E-state index contributed by atoms with van der Waals surface area (Å²) in [5.74, 6) is 0. The monoisotopic (exact) mass is 314 g/mol. The summed E-state index contributed by atoms with van der Waals surface area (Å²) in [5, 5.41) is 17.3. The molecule has 0 saturated carbocycles. The Hall–Kier alpha value is 0.178. The van der Waals surface area contributed by atoms with Crippen molar-refractivity contribution in [1.29, 1.82) is 0 Å². The zero-order valence-electron chi connectivity index (χ0n) is 5.60. The molecule has 0 heterocycles. The summed E-state index contributed by atoms with van der Waals surface area (Å²) < 4.78 is 0. The summed E-state index contributed by atoms with van der Waals surface area (Å²) >= 11 is 0. The van der Waals surface area contributed by atoms with E-state index in [0.717, 1.165) is 0 Å². The van der Waals surface area contributed by atoms with Gasteiger partial charge in [0.25, 0.3) is 0 Å². The topological polar surface area (TPSA) is 66.5 Å². The average Bonchev–Trinajstić information content (AvgIpc) is 1.87. The minimum Gasteiger partial charge on any atom is -0.405 e. The van der Waals surface area contributed by atoms with E-state index in [1.54, 1.807) is 0 Å². The molecule has 0 radical (unpaired) electrons. The van der Waals surface area contributed by atoms with E-state index in [1.807, 2.05) is 0 Å². The standard InChI is InChI=1S/C6H12NO2.W/c1-2-3-6(9)5(7)4-8;/h2-3,5-6,8-9H,1,4,7H2;/q-1;/b3-2+;/t5-,6+;/m0./s1. The van der Waals surface area contributed by atoms with Crippen LogP contribution in [0.4, 0.5) is 0 Å². The molecule has 0 aliphatic rings. The number of aliphatic hydroxyl groups is 2. The van der Waals surface area contributed by atoms with Crippen molar-refractivity contribution in [2.24, 2.45) is 5.73 Å². The Balaban J connectivity index is 0. The molecule has 0 unspecified atom stereocenters. The van der Waals surface area contributed by atoms with Gasteiger partial charge in [-0.25, -0.2) is 19.1 Å². The summed E-state index contributed by atoms with van der Waals surface area (Å²) in [6.45, 7) is 3.15. The van der Waals surface area contributed by atoms with Gasteiger partial charge in [-0.05, 0) is 0 Å². The molecule has 3 nitrogen and oxygen atoms in total. The van der Waals surface area contributed by atoms with E-state index in [2.05, 4.69) is 6.92 Å². The van der Waals surface area contributed by atoms with Crippen molar-refractivity contribution >= 4 is 0 Å². The van der Waals surface area contributed by atoms with Crippen molar-refractivity contribution < 1.29 is 31.3 Å². The predicted octanol–water partition coefficient (Wildman–Crippen LogP) is -0.945. The number of allylic oxidation sites excluding steroid dienone is 1. The molecule has 0 fully saturated rings. The fourth-order valence-corrected chi connectivity index (χ4v) is 0.390. The molecule has 0 saturated heterocycles. The van der Waals surface area contributed by atoms with E-state index in [1.165, 1.54) is 12.2 Å². The fraction of sp³-hybridized carbons (Fsp3) is 0.500. The smallest absolute Gasteiger partial charge is 0.0595 e. The third-order valence-corrected chi connectivity index (χ3v) is 0.983. The molecule has 4 N–H and O–H groups in total. The molecule has 10 heavy (non-hydrogen) atoms. The van der Waals surface area contributed by atoms with E-state index in [-0.39, 0.29) is 27.7 Å². The fourth-order valence-electron chi connectivity index (χ4n) is 0.390. The van der Waals surface area contributed by atoms with Crippen molar-refractivity contribution in [3.63, 3.8) is 0 Å². The van der Waals surface area contributed by atoms with Crippen LogP contribution in [0.15, 0.2) is 12.2 Å². The van der Waals surface area contributed by atoms with Gasteiger partial charge in [-0.2, -0.15) is 0 Å². The van der Waals surface area contributed by atoms with Crippen molar-refractivity contribution in [2.45, 2.75) is 12.1 Å². The molecule has 0 rings (SSSR count). The third-order valence-electron chi connectivity index (χ3n) is 0.983. The second-order valence-corrected chi connectivity index (χ2v) is 1.77. The van der Waals surface area contributed by atoms with E-state index < -0.39 is 12.1 Å². The van der Waals surface area contributed by atoms with E-state index in [0.29, 0.717) is 0 Å². The second-order valence-electron chi connectivity index (χ2n) is 1.77. The third kappa shape index (κ3) is 5.00. The maximum absolute atomic E-state index is 8.91. The maximum Gasteiger partial charge on any atom is 0.0595 e. The molecular formula is C6H12NO2W-. The normalized spacial score (nSPS) is 16.3. The summed E-state index contributed by atoms with van der Waals surface area (Å²) in [5.41, 5.74) is 5.22. The molecular weight excluding hydrogens is 302 g/mol. The summed E-state index contributed by atoms with van der Waals surface area (Å²) in [6, 6.07) is -0.594. The van der Waals surface area contributed by atoms with Crippen molar-refractivity contribution in [3.05, 3.63) is 19.1 Å². The van der Waals surface area contributed by atoms with Gasteiger partial charge in [-0.1, -0.05) is 0 Å². The minimum atomic E-state index is -0.785. The molecule has 4 heteroatoms. The minimum absolute atomic E-state index is 0. The Morgan fingerprint density at radius 3 is 2.40 bits per heavy atom. The summed E-state index contributed by atoms with van der Waals surface area (Å²) in [4.78, 5) is 0. The molecule has 0 amide bonds. The van der Waals surface area contributed by atoms with Crippen LogP contribution in [0.1, 0.15) is 0 Å². The number of hydrogen-bond acceptors (Lipinski definition) is 3. The first-order valence-electron chi connectivity index (χ1n) is 2.72. The van der Waals surface area contributed by atoms with E-state index in [4.69, 9.17) is 15.9 Å². The maximum atomic E-state index is 8.91. The zero-order chi connectivity index (χ0) is 7.28. The van der Waals surface area contributed by atoms with Crippen LogP contribution in [0, 0.1) is 6.92 Å². The number of hydrogen-bond donors (Lipinski definition) is 3. The van der Waals surface area contributed by atoms with Gasteiger partial charge in [0.2, 0.25) is 0 Å². The predicted molar refractivity (Wildman–Crippen MR) is 35.6 cm³/mol. The SMILES string of the molecule is [CH2-]/C=C/[C@@H](O)[C@@H](N)CO.[W]. The Bertz CT molecular complexity index is 97.7. The van der Waals surface area contributed by atoms with Gasteiger partial charge in [-0.15, -0.1) is 0 Å². The zero-order valence-corrected chi connectivity index (χ0v) is 8.54. The van der Waals surface area contributed by atoms with Gasteiger partial charge in [0.1, 0.15) is 0 Å². The van der Waals surface area contributed by atoms with Gasteiger partial charge < -0.3 is 15.9 Å². The Kier molecular flexibility index (Phi) is 9.34. The summed E-state index contributed by atoms with van der Waals surface area (Å²) in [7, 11) is 0. The van der Waals surface area contributed by atoms with Crippen molar-refractivity contribution in [3.8, 4) is 0 Å². The van der Waals surface area contributed by atoms with E-state index >= 15 is 0 Å². The number of aliphatic hydroxyl groups excluding tert-OH is 2.